The van der Waals surface area contributed by atoms with Gasteiger partial charge in [-0.2, -0.15) is 0 Å². The van der Waals surface area contributed by atoms with Crippen LogP contribution in [0, 0.1) is 12.8 Å². The predicted octanol–water partition coefficient (Wildman–Crippen LogP) is 6.86. The number of aryl methyl sites for hydroxylation is 1. The second-order valence-corrected chi connectivity index (χ2v) is 11.5. The minimum Gasteiger partial charge on any atom is -0.493 e. The Bertz CT molecular complexity index is 1400. The van der Waals surface area contributed by atoms with Gasteiger partial charge in [0.1, 0.15) is 0 Å². The van der Waals surface area contributed by atoms with E-state index in [1.807, 2.05) is 6.07 Å². The summed E-state index contributed by atoms with van der Waals surface area (Å²) in [5, 5.41) is 1.32. The van der Waals surface area contributed by atoms with Crippen molar-refractivity contribution in [3.8, 4) is 22.8 Å². The van der Waals surface area contributed by atoms with Gasteiger partial charge in [-0.05, 0) is 105 Å². The molecule has 1 unspecified atom stereocenters. The van der Waals surface area contributed by atoms with Gasteiger partial charge < -0.3 is 19.4 Å². The summed E-state index contributed by atoms with van der Waals surface area (Å²) in [6.07, 6.45) is 3.83. The van der Waals surface area contributed by atoms with Gasteiger partial charge >= 0.3 is 0 Å². The number of nitrogens with zero attached hydrogens (tertiary/aromatic N) is 2. The van der Waals surface area contributed by atoms with Crippen molar-refractivity contribution in [2.75, 3.05) is 46.9 Å². The van der Waals surface area contributed by atoms with Crippen LogP contribution in [0.1, 0.15) is 41.9 Å². The van der Waals surface area contributed by atoms with Crippen LogP contribution in [0.4, 0.5) is 0 Å². The quantitative estimate of drug-likeness (QED) is 0.274. The molecule has 1 aromatic heterocycles. The predicted molar refractivity (Wildman–Crippen MR) is 160 cm³/mol. The van der Waals surface area contributed by atoms with E-state index in [0.717, 1.165) is 35.2 Å². The number of nitrogens with one attached hydrogen (secondary N) is 1. The smallest absolute Gasteiger partial charge is 0.161 e. The second-order valence-electron chi connectivity index (χ2n) is 11.5. The van der Waals surface area contributed by atoms with Crippen molar-refractivity contribution in [2.45, 2.75) is 38.6 Å². The molecule has 0 radical (unpaired) electrons. The first-order valence-corrected chi connectivity index (χ1v) is 14.4. The molecule has 0 aliphatic carbocycles. The summed E-state index contributed by atoms with van der Waals surface area (Å²) in [5.74, 6) is 2.95. The van der Waals surface area contributed by atoms with Crippen LogP contribution >= 0.6 is 0 Å². The van der Waals surface area contributed by atoms with Crippen molar-refractivity contribution < 1.29 is 9.47 Å². The number of fused-ring (bicyclic) bond motifs is 1. The van der Waals surface area contributed by atoms with Crippen molar-refractivity contribution in [1.29, 1.82) is 0 Å². The number of aromatic amines is 1. The van der Waals surface area contributed by atoms with Crippen LogP contribution in [0.3, 0.4) is 0 Å². The Morgan fingerprint density at radius 2 is 1.59 bits per heavy atom. The molecule has 0 spiro atoms. The molecule has 6 rings (SSSR count). The topological polar surface area (TPSA) is 40.7 Å². The zero-order valence-corrected chi connectivity index (χ0v) is 23.6. The lowest BCUT2D eigenvalue weighted by atomic mass is 9.88. The molecule has 3 aromatic carbocycles. The number of aromatic nitrogens is 1. The Balaban J connectivity index is 1.07. The minimum atomic E-state index is 0.641. The van der Waals surface area contributed by atoms with Crippen LogP contribution in [-0.4, -0.2) is 61.7 Å². The molecule has 5 nitrogen and oxygen atoms in total. The summed E-state index contributed by atoms with van der Waals surface area (Å²) in [4.78, 5) is 9.02. The van der Waals surface area contributed by atoms with Gasteiger partial charge in [0.15, 0.2) is 11.5 Å². The summed E-state index contributed by atoms with van der Waals surface area (Å²) < 4.78 is 11.0. The maximum Gasteiger partial charge on any atom is 0.161 e. The Morgan fingerprint density at radius 3 is 2.36 bits per heavy atom. The van der Waals surface area contributed by atoms with E-state index >= 15 is 0 Å². The standard InChI is InChI=1S/C34H41N3O2/c1-24-30-19-28(9-11-31(30)35-34(24)29-10-12-32(38-2)33(20-29)39-3)27-14-17-36(18-15-27)22-26-13-16-37(23-26)21-25-7-5-4-6-8-25/h4-12,19-20,26-27,35H,13-18,21-23H2,1-3H3. The van der Waals surface area contributed by atoms with Gasteiger partial charge in [-0.15, -0.1) is 0 Å². The number of piperidine rings is 1. The first kappa shape index (κ1) is 26.0. The highest BCUT2D eigenvalue weighted by molar-refractivity contribution is 5.91. The van der Waals surface area contributed by atoms with Crippen molar-refractivity contribution in [1.82, 2.24) is 14.8 Å². The summed E-state index contributed by atoms with van der Waals surface area (Å²) in [5.41, 5.74) is 7.67. The molecule has 0 bridgehead atoms. The Morgan fingerprint density at radius 1 is 0.821 bits per heavy atom. The first-order valence-electron chi connectivity index (χ1n) is 14.4. The summed E-state index contributed by atoms with van der Waals surface area (Å²) in [6, 6.07) is 24.1. The van der Waals surface area contributed by atoms with E-state index in [0.29, 0.717) is 5.92 Å². The van der Waals surface area contributed by atoms with Crippen LogP contribution in [0.2, 0.25) is 0 Å². The molecule has 2 aliphatic rings. The second kappa shape index (κ2) is 11.4. The van der Waals surface area contributed by atoms with Gasteiger partial charge in [0.25, 0.3) is 0 Å². The molecule has 1 atom stereocenters. The maximum absolute atomic E-state index is 5.55. The molecule has 2 fully saturated rings. The van der Waals surface area contributed by atoms with Crippen LogP contribution in [0.25, 0.3) is 22.2 Å². The van der Waals surface area contributed by atoms with Gasteiger partial charge in [-0.1, -0.05) is 36.4 Å². The highest BCUT2D eigenvalue weighted by atomic mass is 16.5. The molecule has 39 heavy (non-hydrogen) atoms. The van der Waals surface area contributed by atoms with Crippen molar-refractivity contribution in [3.05, 3.63) is 83.4 Å². The van der Waals surface area contributed by atoms with Crippen molar-refractivity contribution in [2.24, 2.45) is 5.92 Å². The molecule has 2 aliphatic heterocycles. The molecule has 0 amide bonds. The lowest BCUT2D eigenvalue weighted by Crippen LogP contribution is -2.37. The number of benzene rings is 3. The molecule has 0 saturated carbocycles. The molecule has 5 heteroatoms. The van der Waals surface area contributed by atoms with Gasteiger partial charge in [-0.25, -0.2) is 0 Å². The van der Waals surface area contributed by atoms with Crippen LogP contribution in [0.15, 0.2) is 66.7 Å². The highest BCUT2D eigenvalue weighted by Crippen LogP contribution is 2.37. The van der Waals surface area contributed by atoms with E-state index in [1.165, 1.54) is 79.6 Å². The lowest BCUT2D eigenvalue weighted by Gasteiger charge is -2.33. The van der Waals surface area contributed by atoms with E-state index in [2.05, 4.69) is 82.4 Å². The average molecular weight is 524 g/mol. The average Bonchev–Trinajstić information content (AvgIpc) is 3.56. The Kier molecular flexibility index (Phi) is 7.62. The fourth-order valence-corrected chi connectivity index (χ4v) is 6.74. The molecule has 204 valence electrons. The molecule has 1 N–H and O–H groups in total. The van der Waals surface area contributed by atoms with Gasteiger partial charge in [0, 0.05) is 41.8 Å². The van der Waals surface area contributed by atoms with E-state index in [4.69, 9.17) is 9.47 Å². The molecular weight excluding hydrogens is 482 g/mol. The third kappa shape index (κ3) is 5.57. The van der Waals surface area contributed by atoms with Crippen molar-refractivity contribution >= 4 is 10.9 Å². The number of H-pyrrole nitrogens is 1. The monoisotopic (exact) mass is 523 g/mol. The zero-order valence-electron chi connectivity index (χ0n) is 23.6. The summed E-state index contributed by atoms with van der Waals surface area (Å²) in [6.45, 7) is 9.45. The number of ether oxygens (including phenoxy) is 2. The number of hydrogen-bond donors (Lipinski definition) is 1. The SMILES string of the molecule is COc1ccc(-c2[nH]c3ccc(C4CCN(CC5CCN(Cc6ccccc6)C5)CC4)cc3c2C)cc1OC. The first-order chi connectivity index (χ1) is 19.1. The normalized spacial score (nSPS) is 19.1. The Labute approximate surface area is 232 Å². The van der Waals surface area contributed by atoms with Crippen LogP contribution < -0.4 is 9.47 Å². The summed E-state index contributed by atoms with van der Waals surface area (Å²) >= 11 is 0. The van der Waals surface area contributed by atoms with Gasteiger partial charge in [0.05, 0.1) is 14.2 Å². The minimum absolute atomic E-state index is 0.641. The molecule has 4 aromatic rings. The molecule has 3 heterocycles. The zero-order chi connectivity index (χ0) is 26.8. The van der Waals surface area contributed by atoms with E-state index in [1.54, 1.807) is 14.2 Å². The molecular formula is C34H41N3O2. The van der Waals surface area contributed by atoms with E-state index < -0.39 is 0 Å². The number of rotatable bonds is 8. The Hall–Kier alpha value is -3.28. The number of hydrogen-bond acceptors (Lipinski definition) is 4. The maximum atomic E-state index is 5.55. The van der Waals surface area contributed by atoms with E-state index in [9.17, 15) is 0 Å². The number of methoxy groups -OCH3 is 2. The summed E-state index contributed by atoms with van der Waals surface area (Å²) in [7, 11) is 3.36. The third-order valence-electron chi connectivity index (χ3n) is 8.95. The largest absolute Gasteiger partial charge is 0.493 e. The van der Waals surface area contributed by atoms with Gasteiger partial charge in [0.2, 0.25) is 0 Å². The number of likely N-dealkylation sites (tertiary alicyclic amines) is 2. The van der Waals surface area contributed by atoms with Gasteiger partial charge in [-0.3, -0.25) is 4.90 Å². The molecule has 2 saturated heterocycles. The highest BCUT2D eigenvalue weighted by Gasteiger charge is 2.27. The lowest BCUT2D eigenvalue weighted by molar-refractivity contribution is 0.181. The van der Waals surface area contributed by atoms with Crippen LogP contribution in [-0.2, 0) is 6.54 Å². The van der Waals surface area contributed by atoms with Crippen molar-refractivity contribution in [3.63, 3.8) is 0 Å². The van der Waals surface area contributed by atoms with Crippen LogP contribution in [0.5, 0.6) is 11.5 Å². The third-order valence-corrected chi connectivity index (χ3v) is 8.95. The van der Waals surface area contributed by atoms with E-state index in [-0.39, 0.29) is 0 Å². The fraction of sp³-hybridized carbons (Fsp3) is 0.412. The fourth-order valence-electron chi connectivity index (χ4n) is 6.74.